The molecule has 0 fully saturated rings. The molecule has 0 saturated carbocycles. The second-order valence-electron chi connectivity index (χ2n) is 6.66. The zero-order valence-corrected chi connectivity index (χ0v) is 14.8. The third-order valence-corrected chi connectivity index (χ3v) is 4.86. The molecule has 1 aromatic heterocycles. The Morgan fingerprint density at radius 2 is 2.14 bits per heavy atom. The molecule has 1 aliphatic carbocycles. The highest BCUT2D eigenvalue weighted by molar-refractivity contribution is 6.12. The smallest absolute Gasteiger partial charge is 0.276 e. The Morgan fingerprint density at radius 3 is 2.83 bits per heavy atom. The predicted octanol–water partition coefficient (Wildman–Crippen LogP) is 4.03. The minimum Gasteiger partial charge on any atom is -0.442 e. The Labute approximate surface area is 163 Å². The predicted molar refractivity (Wildman–Crippen MR) is 99.4 cm³/mol. The maximum absolute atomic E-state index is 14.7. The number of nitriles is 1. The molecule has 0 amide bonds. The van der Waals surface area contributed by atoms with Gasteiger partial charge in [-0.3, -0.25) is 5.41 Å². The summed E-state index contributed by atoms with van der Waals surface area (Å²) in [6.07, 6.45) is 1.71. The maximum Gasteiger partial charge on any atom is 0.276 e. The highest BCUT2D eigenvalue weighted by Gasteiger charge is 2.49. The van der Waals surface area contributed by atoms with Crippen LogP contribution in [-0.4, -0.2) is 16.6 Å². The van der Waals surface area contributed by atoms with Gasteiger partial charge in [0.1, 0.15) is 23.6 Å². The lowest BCUT2D eigenvalue weighted by Crippen LogP contribution is -2.28. The van der Waals surface area contributed by atoms with Crippen molar-refractivity contribution in [2.75, 3.05) is 11.1 Å². The number of alkyl halides is 2. The number of nitrogens with two attached hydrogens (primary N) is 1. The molecule has 1 unspecified atom stereocenters. The monoisotopic (exact) mass is 397 g/mol. The molecule has 4 N–H and O–H groups in total. The number of benzene rings is 2. The van der Waals surface area contributed by atoms with Gasteiger partial charge in [-0.15, -0.1) is 0 Å². The normalized spacial score (nSPS) is 16.8. The van der Waals surface area contributed by atoms with Crippen LogP contribution >= 0.6 is 0 Å². The van der Waals surface area contributed by atoms with Crippen molar-refractivity contribution in [3.63, 3.8) is 0 Å². The number of oxazole rings is 1. The van der Waals surface area contributed by atoms with Crippen LogP contribution in [0.25, 0.3) is 0 Å². The Hall–Kier alpha value is -3.80. The largest absolute Gasteiger partial charge is 0.442 e. The first-order valence-corrected chi connectivity index (χ1v) is 8.55. The molecule has 9 heteroatoms. The molecule has 0 bridgehead atoms. The number of nitrogen functional groups attached to an aromatic ring is 1. The van der Waals surface area contributed by atoms with Gasteiger partial charge in [-0.25, -0.2) is 18.2 Å². The molecule has 3 aromatic rings. The van der Waals surface area contributed by atoms with Gasteiger partial charge in [0.25, 0.3) is 5.92 Å². The number of rotatable bonds is 4. The highest BCUT2D eigenvalue weighted by atomic mass is 19.3. The van der Waals surface area contributed by atoms with Crippen LogP contribution < -0.4 is 11.1 Å². The zero-order chi connectivity index (χ0) is 20.8. The summed E-state index contributed by atoms with van der Waals surface area (Å²) < 4.78 is 48.8. The Balaban J connectivity index is 1.70. The van der Waals surface area contributed by atoms with Crippen LogP contribution in [0, 0.1) is 22.6 Å². The van der Waals surface area contributed by atoms with E-state index in [4.69, 9.17) is 20.8 Å². The molecule has 0 spiro atoms. The van der Waals surface area contributed by atoms with E-state index in [1.165, 1.54) is 42.9 Å². The number of hydrogen-bond acceptors (Lipinski definition) is 6. The highest BCUT2D eigenvalue weighted by Crippen LogP contribution is 2.46. The molecule has 4 rings (SSSR count). The van der Waals surface area contributed by atoms with E-state index in [1.54, 1.807) is 6.07 Å². The van der Waals surface area contributed by atoms with Gasteiger partial charge in [-0.1, -0.05) is 6.07 Å². The molecule has 1 aliphatic rings. The van der Waals surface area contributed by atoms with Crippen molar-refractivity contribution in [2.45, 2.75) is 18.4 Å². The molecule has 29 heavy (non-hydrogen) atoms. The van der Waals surface area contributed by atoms with Gasteiger partial charge in [0.15, 0.2) is 12.2 Å². The molecule has 146 valence electrons. The van der Waals surface area contributed by atoms with Gasteiger partial charge < -0.3 is 15.5 Å². The molecule has 0 radical (unpaired) electrons. The van der Waals surface area contributed by atoms with Crippen molar-refractivity contribution in [3.05, 3.63) is 76.8 Å². The average molecular weight is 397 g/mol. The summed E-state index contributed by atoms with van der Waals surface area (Å²) >= 11 is 0. The van der Waals surface area contributed by atoms with Crippen molar-refractivity contribution in [1.82, 2.24) is 4.98 Å². The molecule has 0 saturated heterocycles. The topological polar surface area (TPSA) is 112 Å². The molecule has 1 heterocycles. The second kappa shape index (κ2) is 6.67. The third-order valence-electron chi connectivity index (χ3n) is 4.86. The summed E-state index contributed by atoms with van der Waals surface area (Å²) in [6, 6.07) is 7.14. The van der Waals surface area contributed by atoms with Crippen molar-refractivity contribution < 1.29 is 17.6 Å². The second-order valence-corrected chi connectivity index (χ2v) is 6.66. The van der Waals surface area contributed by atoms with Gasteiger partial charge in [-0.05, 0) is 29.8 Å². The van der Waals surface area contributed by atoms with E-state index in [0.717, 1.165) is 0 Å². The van der Waals surface area contributed by atoms with E-state index < -0.39 is 24.2 Å². The lowest BCUT2D eigenvalue weighted by molar-refractivity contribution is -0.00739. The fourth-order valence-corrected chi connectivity index (χ4v) is 3.42. The van der Waals surface area contributed by atoms with E-state index in [2.05, 4.69) is 10.3 Å². The van der Waals surface area contributed by atoms with E-state index in [1.807, 2.05) is 0 Å². The molecule has 0 aliphatic heterocycles. The number of nitrogens with one attached hydrogen (secondary N) is 2. The first kappa shape index (κ1) is 18.6. The minimum absolute atomic E-state index is 0.0491. The van der Waals surface area contributed by atoms with E-state index in [-0.39, 0.29) is 45.1 Å². The maximum atomic E-state index is 14.7. The van der Waals surface area contributed by atoms with E-state index in [9.17, 15) is 13.2 Å². The van der Waals surface area contributed by atoms with Gasteiger partial charge in [0.2, 0.25) is 0 Å². The molecule has 1 atom stereocenters. The quantitative estimate of drug-likeness (QED) is 0.455. The number of fused-ring (bicyclic) bond motifs is 1. The van der Waals surface area contributed by atoms with E-state index in [0.29, 0.717) is 0 Å². The minimum atomic E-state index is -3.27. The van der Waals surface area contributed by atoms with Crippen LogP contribution in [0.4, 0.5) is 24.5 Å². The first-order valence-electron chi connectivity index (χ1n) is 8.55. The van der Waals surface area contributed by atoms with E-state index >= 15 is 0 Å². The number of nitrogens with zero attached hydrogens (tertiary/aromatic N) is 2. The van der Waals surface area contributed by atoms with Gasteiger partial charge in [0.05, 0.1) is 11.8 Å². The van der Waals surface area contributed by atoms with Crippen LogP contribution in [-0.2, 0) is 6.42 Å². The van der Waals surface area contributed by atoms with Crippen LogP contribution in [0.3, 0.4) is 0 Å². The zero-order valence-electron chi connectivity index (χ0n) is 14.8. The van der Waals surface area contributed by atoms with Crippen molar-refractivity contribution in [1.29, 1.82) is 10.7 Å². The summed E-state index contributed by atoms with van der Waals surface area (Å²) in [5.74, 6) is -4.01. The van der Waals surface area contributed by atoms with Gasteiger partial charge in [-0.2, -0.15) is 5.26 Å². The summed E-state index contributed by atoms with van der Waals surface area (Å²) in [6.45, 7) is 0. The molecule has 2 aromatic carbocycles. The standard InChI is InChI=1S/C20H14F3N5O/c21-17-10(7-24)1-3-12-14(17)6-20(22,23)19(12)28-11-2-4-15(25)13(5-11)18(26)16-8-27-9-29-16/h1-5,8-9,19,26,28H,6,25H2. The Morgan fingerprint density at radius 1 is 1.34 bits per heavy atom. The third kappa shape index (κ3) is 3.08. The summed E-state index contributed by atoms with van der Waals surface area (Å²) in [5.41, 5.74) is 6.35. The van der Waals surface area contributed by atoms with Gasteiger partial charge in [0, 0.05) is 28.9 Å². The number of anilines is 2. The first-order chi connectivity index (χ1) is 13.8. The summed E-state index contributed by atoms with van der Waals surface area (Å²) in [5, 5.41) is 19.9. The summed E-state index contributed by atoms with van der Waals surface area (Å²) in [4.78, 5) is 3.75. The van der Waals surface area contributed by atoms with Crippen molar-refractivity contribution >= 4 is 17.1 Å². The summed E-state index contributed by atoms with van der Waals surface area (Å²) in [7, 11) is 0. The van der Waals surface area contributed by atoms with Crippen molar-refractivity contribution in [2.24, 2.45) is 0 Å². The molecule has 6 nitrogen and oxygen atoms in total. The fraction of sp³-hybridized carbons (Fsp3) is 0.150. The van der Waals surface area contributed by atoms with Gasteiger partial charge >= 0.3 is 0 Å². The van der Waals surface area contributed by atoms with Crippen molar-refractivity contribution in [3.8, 4) is 6.07 Å². The van der Waals surface area contributed by atoms with Crippen LogP contribution in [0.2, 0.25) is 0 Å². The fourth-order valence-electron chi connectivity index (χ4n) is 3.42. The average Bonchev–Trinajstić information content (AvgIpc) is 3.31. The lowest BCUT2D eigenvalue weighted by Gasteiger charge is -2.23. The number of aromatic nitrogens is 1. The number of hydrogen-bond donors (Lipinski definition) is 3. The Kier molecular flexibility index (Phi) is 4.27. The van der Waals surface area contributed by atoms with Crippen LogP contribution in [0.1, 0.15) is 34.1 Å². The SMILES string of the molecule is N#Cc1ccc2c(c1F)CC(F)(F)C2Nc1ccc(N)c(C(=N)c2cnco2)c1. The lowest BCUT2D eigenvalue weighted by atomic mass is 10.0. The van der Waals surface area contributed by atoms with Crippen LogP contribution in [0.5, 0.6) is 0 Å². The molecular weight excluding hydrogens is 383 g/mol. The Bertz CT molecular complexity index is 1150. The molecular formula is C20H14F3N5O. The van der Waals surface area contributed by atoms with Crippen LogP contribution in [0.15, 0.2) is 47.3 Å². The number of halogens is 3.